The molecule has 0 aliphatic carbocycles. The zero-order valence-corrected chi connectivity index (χ0v) is 12.4. The number of rotatable bonds is 3. The summed E-state index contributed by atoms with van der Waals surface area (Å²) in [6, 6.07) is 13.1. The predicted octanol–water partition coefficient (Wildman–Crippen LogP) is 2.71. The third-order valence-electron chi connectivity index (χ3n) is 3.81. The standard InChI is InChI=1S/C17H14N4O2/c1-11(14-10-18-15-8-4-5-9-21(14)15)23-17-13-7-3-2-6-12(13)16(22)19-20-17/h2-11H,1H3,(H,19,22). The van der Waals surface area contributed by atoms with Crippen molar-refractivity contribution in [2.24, 2.45) is 0 Å². The van der Waals surface area contributed by atoms with Crippen molar-refractivity contribution in [2.45, 2.75) is 13.0 Å². The van der Waals surface area contributed by atoms with Gasteiger partial charge in [0, 0.05) is 6.20 Å². The van der Waals surface area contributed by atoms with E-state index in [1.807, 2.05) is 53.9 Å². The molecule has 1 N–H and O–H groups in total. The van der Waals surface area contributed by atoms with Crippen LogP contribution in [0.15, 0.2) is 59.7 Å². The lowest BCUT2D eigenvalue weighted by Gasteiger charge is -2.14. The van der Waals surface area contributed by atoms with Gasteiger partial charge in [0.1, 0.15) is 11.8 Å². The Labute approximate surface area is 131 Å². The molecule has 6 heteroatoms. The van der Waals surface area contributed by atoms with Gasteiger partial charge in [-0.3, -0.25) is 4.79 Å². The molecule has 0 saturated heterocycles. The second kappa shape index (κ2) is 5.24. The van der Waals surface area contributed by atoms with E-state index < -0.39 is 0 Å². The third kappa shape index (κ3) is 2.24. The minimum absolute atomic E-state index is 0.226. The Hall–Kier alpha value is -3.15. The average Bonchev–Trinajstić information content (AvgIpc) is 3.02. The number of nitrogens with one attached hydrogen (secondary N) is 1. The number of ether oxygens (including phenoxy) is 1. The van der Waals surface area contributed by atoms with Gasteiger partial charge in [-0.15, -0.1) is 5.10 Å². The Kier molecular flexibility index (Phi) is 3.08. The molecule has 0 spiro atoms. The van der Waals surface area contributed by atoms with Gasteiger partial charge in [0.15, 0.2) is 0 Å². The summed E-state index contributed by atoms with van der Waals surface area (Å²) in [5.74, 6) is 0.401. The number of aromatic nitrogens is 4. The highest BCUT2D eigenvalue weighted by Gasteiger charge is 2.15. The van der Waals surface area contributed by atoms with Crippen LogP contribution in [0.3, 0.4) is 0 Å². The Balaban J connectivity index is 1.76. The van der Waals surface area contributed by atoms with Crippen LogP contribution in [0.2, 0.25) is 0 Å². The molecule has 3 heterocycles. The van der Waals surface area contributed by atoms with Crippen LogP contribution in [-0.2, 0) is 0 Å². The van der Waals surface area contributed by atoms with E-state index in [0.29, 0.717) is 16.7 Å². The summed E-state index contributed by atoms with van der Waals surface area (Å²) in [6.07, 6.45) is 3.46. The van der Waals surface area contributed by atoms with Crippen molar-refractivity contribution in [2.75, 3.05) is 0 Å². The minimum atomic E-state index is -0.269. The molecular weight excluding hydrogens is 292 g/mol. The Morgan fingerprint density at radius 3 is 2.78 bits per heavy atom. The number of pyridine rings is 1. The lowest BCUT2D eigenvalue weighted by atomic mass is 10.2. The van der Waals surface area contributed by atoms with E-state index in [0.717, 1.165) is 11.3 Å². The SMILES string of the molecule is CC(Oc1n[nH]c(=O)c2ccccc12)c1cnc2ccccn12. The van der Waals surface area contributed by atoms with Crippen LogP contribution in [0.5, 0.6) is 5.88 Å². The van der Waals surface area contributed by atoms with E-state index in [2.05, 4.69) is 15.2 Å². The highest BCUT2D eigenvalue weighted by Crippen LogP contribution is 2.25. The molecule has 114 valence electrons. The number of benzene rings is 1. The van der Waals surface area contributed by atoms with Crippen molar-refractivity contribution in [3.63, 3.8) is 0 Å². The fraction of sp³-hybridized carbons (Fsp3) is 0.118. The van der Waals surface area contributed by atoms with Gasteiger partial charge in [-0.1, -0.05) is 18.2 Å². The van der Waals surface area contributed by atoms with E-state index in [1.54, 1.807) is 12.3 Å². The number of hydrogen-bond donors (Lipinski definition) is 1. The van der Waals surface area contributed by atoms with Gasteiger partial charge in [0.25, 0.3) is 5.56 Å². The highest BCUT2D eigenvalue weighted by molar-refractivity contribution is 5.85. The van der Waals surface area contributed by atoms with Crippen molar-refractivity contribution in [1.29, 1.82) is 0 Å². The summed E-state index contributed by atoms with van der Waals surface area (Å²) in [7, 11) is 0. The first-order chi connectivity index (χ1) is 11.2. The van der Waals surface area contributed by atoms with E-state index >= 15 is 0 Å². The number of imidazole rings is 1. The zero-order chi connectivity index (χ0) is 15.8. The molecule has 4 aromatic rings. The van der Waals surface area contributed by atoms with Crippen molar-refractivity contribution < 1.29 is 4.74 Å². The second-order valence-electron chi connectivity index (χ2n) is 5.28. The summed E-state index contributed by atoms with van der Waals surface area (Å²) in [6.45, 7) is 1.93. The van der Waals surface area contributed by atoms with Crippen LogP contribution in [-0.4, -0.2) is 19.6 Å². The van der Waals surface area contributed by atoms with Crippen molar-refractivity contribution in [1.82, 2.24) is 19.6 Å². The first-order valence-electron chi connectivity index (χ1n) is 7.30. The van der Waals surface area contributed by atoms with Crippen LogP contribution >= 0.6 is 0 Å². The van der Waals surface area contributed by atoms with E-state index in [1.165, 1.54) is 0 Å². The summed E-state index contributed by atoms with van der Waals surface area (Å²) in [5, 5.41) is 7.77. The molecule has 0 radical (unpaired) electrons. The lowest BCUT2D eigenvalue weighted by molar-refractivity contribution is 0.212. The van der Waals surface area contributed by atoms with Crippen LogP contribution < -0.4 is 10.3 Å². The molecule has 0 bridgehead atoms. The molecule has 0 aliphatic heterocycles. The Morgan fingerprint density at radius 1 is 1.13 bits per heavy atom. The Morgan fingerprint density at radius 2 is 1.91 bits per heavy atom. The molecule has 0 aliphatic rings. The van der Waals surface area contributed by atoms with Gasteiger partial charge in [0.05, 0.1) is 22.7 Å². The largest absolute Gasteiger partial charge is 0.467 e. The molecule has 0 fully saturated rings. The van der Waals surface area contributed by atoms with Crippen molar-refractivity contribution in [3.05, 3.63) is 70.9 Å². The maximum absolute atomic E-state index is 11.8. The lowest BCUT2D eigenvalue weighted by Crippen LogP contribution is -2.13. The zero-order valence-electron chi connectivity index (χ0n) is 12.4. The number of aromatic amines is 1. The smallest absolute Gasteiger partial charge is 0.272 e. The topological polar surface area (TPSA) is 72.3 Å². The van der Waals surface area contributed by atoms with E-state index in [-0.39, 0.29) is 11.7 Å². The molecule has 0 amide bonds. The summed E-state index contributed by atoms with van der Waals surface area (Å²) in [5.41, 5.74) is 1.55. The van der Waals surface area contributed by atoms with E-state index in [9.17, 15) is 4.79 Å². The number of fused-ring (bicyclic) bond motifs is 2. The number of hydrogen-bond acceptors (Lipinski definition) is 4. The molecule has 23 heavy (non-hydrogen) atoms. The predicted molar refractivity (Wildman–Crippen MR) is 86.6 cm³/mol. The van der Waals surface area contributed by atoms with Gasteiger partial charge in [-0.25, -0.2) is 10.1 Å². The van der Waals surface area contributed by atoms with Crippen molar-refractivity contribution >= 4 is 16.4 Å². The molecular formula is C17H14N4O2. The highest BCUT2D eigenvalue weighted by atomic mass is 16.5. The van der Waals surface area contributed by atoms with Gasteiger partial charge in [-0.05, 0) is 31.2 Å². The van der Waals surface area contributed by atoms with Gasteiger partial charge < -0.3 is 9.14 Å². The minimum Gasteiger partial charge on any atom is -0.467 e. The van der Waals surface area contributed by atoms with Gasteiger partial charge in [-0.2, -0.15) is 0 Å². The normalized spacial score (nSPS) is 12.6. The third-order valence-corrected chi connectivity index (χ3v) is 3.81. The van der Waals surface area contributed by atoms with Crippen molar-refractivity contribution in [3.8, 4) is 5.88 Å². The van der Waals surface area contributed by atoms with Crippen LogP contribution in [0.4, 0.5) is 0 Å². The second-order valence-corrected chi connectivity index (χ2v) is 5.28. The van der Waals surface area contributed by atoms with Crippen LogP contribution in [0.25, 0.3) is 16.4 Å². The van der Waals surface area contributed by atoms with Gasteiger partial charge >= 0.3 is 0 Å². The fourth-order valence-electron chi connectivity index (χ4n) is 2.66. The average molecular weight is 306 g/mol. The summed E-state index contributed by atoms with van der Waals surface area (Å²) >= 11 is 0. The summed E-state index contributed by atoms with van der Waals surface area (Å²) < 4.78 is 7.96. The number of nitrogens with zero attached hydrogens (tertiary/aromatic N) is 3. The number of H-pyrrole nitrogens is 1. The molecule has 1 atom stereocenters. The first kappa shape index (κ1) is 13.5. The molecule has 6 nitrogen and oxygen atoms in total. The molecule has 0 saturated carbocycles. The quantitative estimate of drug-likeness (QED) is 0.631. The maximum Gasteiger partial charge on any atom is 0.272 e. The molecule has 3 aromatic heterocycles. The summed E-state index contributed by atoms with van der Waals surface area (Å²) in [4.78, 5) is 16.2. The molecule has 4 rings (SSSR count). The first-order valence-corrected chi connectivity index (χ1v) is 7.30. The monoisotopic (exact) mass is 306 g/mol. The molecule has 1 aromatic carbocycles. The maximum atomic E-state index is 11.8. The fourth-order valence-corrected chi connectivity index (χ4v) is 2.66. The van der Waals surface area contributed by atoms with Crippen LogP contribution in [0, 0.1) is 0 Å². The molecule has 1 unspecified atom stereocenters. The Bertz CT molecular complexity index is 1050. The van der Waals surface area contributed by atoms with E-state index in [4.69, 9.17) is 4.74 Å². The van der Waals surface area contributed by atoms with Gasteiger partial charge in [0.2, 0.25) is 5.88 Å². The van der Waals surface area contributed by atoms with Crippen LogP contribution in [0.1, 0.15) is 18.7 Å².